The fourth-order valence-electron chi connectivity index (χ4n) is 19.1. The smallest absolute Gasteiger partial charge is 0.00201 e. The highest BCUT2D eigenvalue weighted by Gasteiger charge is 2.23. The third kappa shape index (κ3) is 12.8. The van der Waals surface area contributed by atoms with Crippen LogP contribution in [0.15, 0.2) is 473 Å². The highest BCUT2D eigenvalue weighted by atomic mass is 14.3. The second-order valence-electron chi connectivity index (χ2n) is 31.6. The molecule has 24 aromatic carbocycles. The van der Waals surface area contributed by atoms with E-state index in [1.54, 1.807) is 0 Å². The summed E-state index contributed by atoms with van der Waals surface area (Å²) in [6, 6.07) is 173. The van der Waals surface area contributed by atoms with Gasteiger partial charge < -0.3 is 0 Å². The molecule has 0 N–H and O–H groups in total. The molecule has 0 atom stereocenters. The van der Waals surface area contributed by atoms with E-state index < -0.39 is 0 Å². The third-order valence-electron chi connectivity index (χ3n) is 24.7. The van der Waals surface area contributed by atoms with Crippen molar-refractivity contribution >= 4 is 129 Å². The summed E-state index contributed by atoms with van der Waals surface area (Å²) in [6.07, 6.45) is 0. The zero-order valence-electron chi connectivity index (χ0n) is 66.0. The second-order valence-corrected chi connectivity index (χ2v) is 31.6. The molecule has 0 bridgehead atoms. The summed E-state index contributed by atoms with van der Waals surface area (Å²) < 4.78 is 0. The Hall–Kier alpha value is -15.6. The van der Waals surface area contributed by atoms with Crippen molar-refractivity contribution in [1.29, 1.82) is 0 Å². The second kappa shape index (κ2) is 30.5. The van der Waals surface area contributed by atoms with Gasteiger partial charge in [-0.2, -0.15) is 0 Å². The molecular weight excluding hydrogens is 1440 g/mol. The number of rotatable bonds is 9. The van der Waals surface area contributed by atoms with Crippen molar-refractivity contribution in [2.75, 3.05) is 0 Å². The van der Waals surface area contributed by atoms with Crippen LogP contribution in [0.4, 0.5) is 0 Å². The molecule has 0 amide bonds. The van der Waals surface area contributed by atoms with Crippen LogP contribution in [0.1, 0.15) is 0 Å². The standard InChI is InChI=1S/3C40H26/c1-3-12-29-24-32(22-20-27(29)10-1)31-14-9-15-33(26-31)39-35-16-5-7-18-37(35)40(38-19-8-6-17-36(38)39)34-23-21-28-11-2-4-13-30(28)25-34;1-3-13-29-25-31(23-21-27(29)11-1)33-15-5-6-16-34(33)40-37-19-9-7-17-35(37)39(36-18-8-10-20-38(36)40)32-24-22-28-12-2-4-14-30(28)26-32;1-2-12-31-26-32(25-20-27(31)10-1)40-37-17-7-5-15-35(37)39(36-16-6-8-18-38(36)40)30-23-21-29(22-24-30)34-19-9-13-28-11-3-4-14-33(28)34/h3*1-26H. The predicted octanol–water partition coefficient (Wildman–Crippen LogP) is 33.9. The Labute approximate surface area is 697 Å². The van der Waals surface area contributed by atoms with E-state index in [1.165, 1.54) is 229 Å². The van der Waals surface area contributed by atoms with Gasteiger partial charge in [-0.25, -0.2) is 0 Å². The van der Waals surface area contributed by atoms with Crippen molar-refractivity contribution in [3.8, 4) is 100 Å². The lowest BCUT2D eigenvalue weighted by molar-refractivity contribution is 1.62. The van der Waals surface area contributed by atoms with Gasteiger partial charge in [0.15, 0.2) is 0 Å². The normalized spacial score (nSPS) is 11.5. The zero-order chi connectivity index (χ0) is 79.4. The lowest BCUT2D eigenvalue weighted by Crippen LogP contribution is -1.92. The van der Waals surface area contributed by atoms with E-state index in [9.17, 15) is 0 Å². The predicted molar refractivity (Wildman–Crippen MR) is 518 cm³/mol. The van der Waals surface area contributed by atoms with E-state index in [1.807, 2.05) is 0 Å². The topological polar surface area (TPSA) is 0 Å². The van der Waals surface area contributed by atoms with Crippen LogP contribution in [0, 0.1) is 0 Å². The minimum atomic E-state index is 1.23. The van der Waals surface area contributed by atoms with Gasteiger partial charge in [0, 0.05) is 0 Å². The molecule has 0 fully saturated rings. The summed E-state index contributed by atoms with van der Waals surface area (Å²) in [5.74, 6) is 0. The van der Waals surface area contributed by atoms with E-state index in [2.05, 4.69) is 473 Å². The third-order valence-corrected chi connectivity index (χ3v) is 24.7. The van der Waals surface area contributed by atoms with Gasteiger partial charge in [-0.3, -0.25) is 0 Å². The molecule has 24 rings (SSSR count). The number of fused-ring (bicyclic) bond motifs is 12. The largest absolute Gasteiger partial charge is 0.0616 e. The number of hydrogen-bond donors (Lipinski definition) is 0. The molecule has 0 aromatic heterocycles. The maximum atomic E-state index is 2.36. The Kier molecular flexibility index (Phi) is 18.1. The van der Waals surface area contributed by atoms with Gasteiger partial charge in [-0.15, -0.1) is 0 Å². The Morgan fingerprint density at radius 3 is 0.667 bits per heavy atom. The quantitative estimate of drug-likeness (QED) is 0.126. The first-order valence-corrected chi connectivity index (χ1v) is 41.6. The molecule has 0 radical (unpaired) electrons. The number of hydrogen-bond acceptors (Lipinski definition) is 0. The molecule has 0 heteroatoms. The minimum absolute atomic E-state index is 1.23. The van der Waals surface area contributed by atoms with E-state index in [0.717, 1.165) is 0 Å². The van der Waals surface area contributed by atoms with Crippen molar-refractivity contribution in [3.05, 3.63) is 473 Å². The van der Waals surface area contributed by atoms with Gasteiger partial charge in [-0.1, -0.05) is 437 Å². The first-order chi connectivity index (χ1) is 59.5. The van der Waals surface area contributed by atoms with E-state index in [4.69, 9.17) is 0 Å². The average Bonchev–Trinajstić information content (AvgIpc) is 0.744. The first kappa shape index (κ1) is 71.0. The molecule has 0 saturated carbocycles. The Morgan fingerprint density at radius 2 is 0.292 bits per heavy atom. The summed E-state index contributed by atoms with van der Waals surface area (Å²) in [6.45, 7) is 0. The molecule has 120 heavy (non-hydrogen) atoms. The van der Waals surface area contributed by atoms with Gasteiger partial charge in [0.1, 0.15) is 0 Å². The van der Waals surface area contributed by atoms with Crippen LogP contribution in [0.3, 0.4) is 0 Å². The Morgan fingerprint density at radius 1 is 0.0833 bits per heavy atom. The molecule has 24 aromatic rings. The summed E-state index contributed by atoms with van der Waals surface area (Å²) in [4.78, 5) is 0. The molecule has 0 nitrogen and oxygen atoms in total. The van der Waals surface area contributed by atoms with E-state index in [-0.39, 0.29) is 0 Å². The van der Waals surface area contributed by atoms with Gasteiger partial charge >= 0.3 is 0 Å². The fourth-order valence-corrected chi connectivity index (χ4v) is 19.1. The SMILES string of the molecule is c1cc(-c2ccc3ccccc3c2)cc(-c2c3ccccc3c(-c3ccc4ccccc4c3)c3ccccc23)c1.c1ccc(-c2c3ccccc3c(-c3ccc4ccccc4c3)c3ccccc23)c(-c2ccc3ccccc3c2)c1.c1ccc2cc(-c3c4ccccc4c(-c4ccc(-c5cccc6ccccc56)cc4)c4ccccc34)ccc2c1. The van der Waals surface area contributed by atoms with Gasteiger partial charge in [0.05, 0.1) is 0 Å². The summed E-state index contributed by atoms with van der Waals surface area (Å²) >= 11 is 0. The van der Waals surface area contributed by atoms with Gasteiger partial charge in [-0.05, 0) is 266 Å². The molecular formula is C120H78. The Balaban J connectivity index is 0.000000108. The van der Waals surface area contributed by atoms with Crippen LogP contribution in [0.5, 0.6) is 0 Å². The zero-order valence-corrected chi connectivity index (χ0v) is 66.0. The summed E-state index contributed by atoms with van der Waals surface area (Å²) in [5.41, 5.74) is 22.7. The van der Waals surface area contributed by atoms with E-state index >= 15 is 0 Å². The molecule has 0 aliphatic carbocycles. The lowest BCUT2D eigenvalue weighted by atomic mass is 9.83. The van der Waals surface area contributed by atoms with Crippen molar-refractivity contribution in [2.24, 2.45) is 0 Å². The minimum Gasteiger partial charge on any atom is -0.0616 e. The molecule has 0 aliphatic heterocycles. The van der Waals surface area contributed by atoms with Crippen LogP contribution < -0.4 is 0 Å². The van der Waals surface area contributed by atoms with Crippen LogP contribution in [0.2, 0.25) is 0 Å². The van der Waals surface area contributed by atoms with Gasteiger partial charge in [0.25, 0.3) is 0 Å². The molecule has 0 unspecified atom stereocenters. The van der Waals surface area contributed by atoms with Crippen LogP contribution in [-0.2, 0) is 0 Å². The molecule has 558 valence electrons. The van der Waals surface area contributed by atoms with E-state index in [0.29, 0.717) is 0 Å². The van der Waals surface area contributed by atoms with Crippen molar-refractivity contribution < 1.29 is 0 Å². The van der Waals surface area contributed by atoms with Crippen LogP contribution in [0.25, 0.3) is 229 Å². The fraction of sp³-hybridized carbons (Fsp3) is 0. The maximum Gasteiger partial charge on any atom is -0.00201 e. The van der Waals surface area contributed by atoms with Crippen molar-refractivity contribution in [3.63, 3.8) is 0 Å². The molecule has 0 heterocycles. The Bertz CT molecular complexity index is 7980. The highest BCUT2D eigenvalue weighted by molar-refractivity contribution is 6.26. The highest BCUT2D eigenvalue weighted by Crippen LogP contribution is 2.50. The monoisotopic (exact) mass is 1520 g/mol. The van der Waals surface area contributed by atoms with Crippen molar-refractivity contribution in [1.82, 2.24) is 0 Å². The molecule has 0 saturated heterocycles. The first-order valence-electron chi connectivity index (χ1n) is 41.6. The van der Waals surface area contributed by atoms with Gasteiger partial charge in [0.2, 0.25) is 0 Å². The average molecular weight is 1520 g/mol. The number of benzene rings is 24. The van der Waals surface area contributed by atoms with Crippen LogP contribution >= 0.6 is 0 Å². The maximum absolute atomic E-state index is 2.36. The van der Waals surface area contributed by atoms with Crippen LogP contribution in [-0.4, -0.2) is 0 Å². The summed E-state index contributed by atoms with van der Waals surface area (Å²) in [5, 5.41) is 30.5. The molecule has 0 spiro atoms. The summed E-state index contributed by atoms with van der Waals surface area (Å²) in [7, 11) is 0. The molecule has 0 aliphatic rings. The lowest BCUT2D eigenvalue weighted by Gasteiger charge is -2.20. The van der Waals surface area contributed by atoms with Crippen molar-refractivity contribution in [2.45, 2.75) is 0 Å².